The Balaban J connectivity index is 2.01. The highest BCUT2D eigenvalue weighted by molar-refractivity contribution is 5.87. The van der Waals surface area contributed by atoms with Crippen molar-refractivity contribution in [2.75, 3.05) is 13.1 Å². The van der Waals surface area contributed by atoms with Crippen molar-refractivity contribution in [3.63, 3.8) is 0 Å². The molecule has 4 nitrogen and oxygen atoms in total. The van der Waals surface area contributed by atoms with Crippen LogP contribution in [0.25, 0.3) is 0 Å². The fourth-order valence-electron chi connectivity index (χ4n) is 3.76. The average Bonchev–Trinajstić information content (AvgIpc) is 3.00. The van der Waals surface area contributed by atoms with Crippen LogP contribution in [0.15, 0.2) is 0 Å². The van der Waals surface area contributed by atoms with Gasteiger partial charge in [0.05, 0.1) is 0 Å². The van der Waals surface area contributed by atoms with E-state index in [1.807, 2.05) is 23.6 Å². The van der Waals surface area contributed by atoms with Crippen LogP contribution in [0.1, 0.15) is 54.4 Å². The molecule has 2 rings (SSSR count). The maximum atomic E-state index is 12.8. The number of amides is 2. The van der Waals surface area contributed by atoms with Crippen LogP contribution in [0, 0.1) is 23.7 Å². The molecule has 0 aromatic rings. The highest BCUT2D eigenvalue weighted by Gasteiger charge is 2.39. The second kappa shape index (κ2) is 6.59. The van der Waals surface area contributed by atoms with Crippen molar-refractivity contribution in [1.82, 2.24) is 9.80 Å². The summed E-state index contributed by atoms with van der Waals surface area (Å²) >= 11 is 0. The number of likely N-dealkylation sites (tertiary alicyclic amines) is 2. The molecule has 0 aromatic heterocycles. The van der Waals surface area contributed by atoms with Crippen molar-refractivity contribution in [2.24, 2.45) is 23.7 Å². The Labute approximate surface area is 135 Å². The zero-order valence-electron chi connectivity index (χ0n) is 15.0. The minimum atomic E-state index is -0.233. The van der Waals surface area contributed by atoms with E-state index in [0.29, 0.717) is 23.9 Å². The van der Waals surface area contributed by atoms with Crippen molar-refractivity contribution in [3.8, 4) is 0 Å². The van der Waals surface area contributed by atoms with Crippen molar-refractivity contribution >= 4 is 11.8 Å². The number of rotatable bonds is 3. The lowest BCUT2D eigenvalue weighted by Crippen LogP contribution is -2.46. The van der Waals surface area contributed by atoms with Crippen LogP contribution in [-0.2, 0) is 9.59 Å². The molecule has 2 saturated heterocycles. The second-order valence-corrected chi connectivity index (χ2v) is 7.65. The SMILES string of the molecule is CC1CCN(C(=O)C(C)C(C)C(=O)N2CCC(C)C2C)C1C. The van der Waals surface area contributed by atoms with E-state index in [2.05, 4.69) is 27.7 Å². The van der Waals surface area contributed by atoms with E-state index in [-0.39, 0.29) is 23.7 Å². The van der Waals surface area contributed by atoms with Gasteiger partial charge in [0.1, 0.15) is 0 Å². The minimum Gasteiger partial charge on any atom is -0.339 e. The first-order chi connectivity index (χ1) is 10.3. The molecule has 4 heteroatoms. The third-order valence-corrected chi connectivity index (χ3v) is 6.38. The van der Waals surface area contributed by atoms with Gasteiger partial charge in [-0.3, -0.25) is 9.59 Å². The van der Waals surface area contributed by atoms with Gasteiger partial charge in [0.15, 0.2) is 0 Å². The number of hydrogen-bond acceptors (Lipinski definition) is 2. The monoisotopic (exact) mass is 308 g/mol. The Bertz CT molecular complexity index is 397. The Morgan fingerprint density at radius 1 is 0.773 bits per heavy atom. The highest BCUT2D eigenvalue weighted by atomic mass is 16.2. The Hall–Kier alpha value is -1.06. The first-order valence-electron chi connectivity index (χ1n) is 8.86. The van der Waals surface area contributed by atoms with Crippen molar-refractivity contribution in [1.29, 1.82) is 0 Å². The molecule has 2 aliphatic rings. The molecule has 126 valence electrons. The molecule has 2 fully saturated rings. The normalized spacial score (nSPS) is 34.8. The van der Waals surface area contributed by atoms with Gasteiger partial charge in [0.2, 0.25) is 11.8 Å². The predicted octanol–water partition coefficient (Wildman–Crippen LogP) is 2.77. The summed E-state index contributed by atoms with van der Waals surface area (Å²) in [6.45, 7) is 14.2. The van der Waals surface area contributed by atoms with Crippen LogP contribution in [0.3, 0.4) is 0 Å². The molecular weight excluding hydrogens is 276 g/mol. The van der Waals surface area contributed by atoms with Crippen LogP contribution in [0.2, 0.25) is 0 Å². The third-order valence-electron chi connectivity index (χ3n) is 6.38. The van der Waals surface area contributed by atoms with Gasteiger partial charge in [-0.15, -0.1) is 0 Å². The molecular formula is C18H32N2O2. The molecule has 22 heavy (non-hydrogen) atoms. The zero-order chi connectivity index (χ0) is 16.6. The van der Waals surface area contributed by atoms with Gasteiger partial charge >= 0.3 is 0 Å². The lowest BCUT2D eigenvalue weighted by atomic mass is 9.92. The van der Waals surface area contributed by atoms with E-state index in [0.717, 1.165) is 25.9 Å². The van der Waals surface area contributed by atoms with E-state index in [1.165, 1.54) is 0 Å². The summed E-state index contributed by atoms with van der Waals surface area (Å²) in [6, 6.07) is 0.589. The summed E-state index contributed by atoms with van der Waals surface area (Å²) < 4.78 is 0. The van der Waals surface area contributed by atoms with Crippen LogP contribution in [0.4, 0.5) is 0 Å². The lowest BCUT2D eigenvalue weighted by Gasteiger charge is -2.32. The Morgan fingerprint density at radius 3 is 1.32 bits per heavy atom. The number of carbonyl (C=O) groups excluding carboxylic acids is 2. The van der Waals surface area contributed by atoms with Gasteiger partial charge in [-0.2, -0.15) is 0 Å². The van der Waals surface area contributed by atoms with Gasteiger partial charge in [-0.25, -0.2) is 0 Å². The molecule has 0 aliphatic carbocycles. The standard InChI is InChI=1S/C18H32N2O2/c1-11-7-9-19(15(11)5)17(21)13(3)14(4)18(22)20-10-8-12(2)16(20)6/h11-16H,7-10H2,1-6H3. The van der Waals surface area contributed by atoms with E-state index >= 15 is 0 Å². The molecule has 0 spiro atoms. The fourth-order valence-corrected chi connectivity index (χ4v) is 3.76. The highest BCUT2D eigenvalue weighted by Crippen LogP contribution is 2.30. The molecule has 0 saturated carbocycles. The van der Waals surface area contributed by atoms with Crippen LogP contribution >= 0.6 is 0 Å². The maximum absolute atomic E-state index is 12.8. The first kappa shape index (κ1) is 17.3. The zero-order valence-corrected chi connectivity index (χ0v) is 15.0. The quantitative estimate of drug-likeness (QED) is 0.804. The van der Waals surface area contributed by atoms with Gasteiger partial charge in [-0.1, -0.05) is 27.7 Å². The number of carbonyl (C=O) groups is 2. The Kier molecular flexibility index (Phi) is 5.18. The molecule has 0 radical (unpaired) electrons. The van der Waals surface area contributed by atoms with Crippen LogP contribution in [-0.4, -0.2) is 46.8 Å². The molecule has 0 bridgehead atoms. The van der Waals surface area contributed by atoms with Gasteiger partial charge in [0, 0.05) is 37.0 Å². The summed E-state index contributed by atoms with van der Waals surface area (Å²) in [5.41, 5.74) is 0. The van der Waals surface area contributed by atoms with Gasteiger partial charge in [-0.05, 0) is 38.5 Å². The molecule has 0 N–H and O–H groups in total. The number of nitrogens with zero attached hydrogens (tertiary/aromatic N) is 2. The fraction of sp³-hybridized carbons (Fsp3) is 0.889. The summed E-state index contributed by atoms with van der Waals surface area (Å²) in [7, 11) is 0. The van der Waals surface area contributed by atoms with E-state index in [1.54, 1.807) is 0 Å². The number of hydrogen-bond donors (Lipinski definition) is 0. The molecule has 2 amide bonds. The van der Waals surface area contributed by atoms with Crippen molar-refractivity contribution < 1.29 is 9.59 Å². The summed E-state index contributed by atoms with van der Waals surface area (Å²) in [6.07, 6.45) is 2.14. The van der Waals surface area contributed by atoms with Crippen molar-refractivity contribution in [2.45, 2.75) is 66.5 Å². The van der Waals surface area contributed by atoms with Gasteiger partial charge in [0.25, 0.3) is 0 Å². The summed E-state index contributed by atoms with van der Waals surface area (Å²) in [4.78, 5) is 29.5. The molecule has 0 aromatic carbocycles. The maximum Gasteiger partial charge on any atom is 0.226 e. The van der Waals surface area contributed by atoms with Crippen LogP contribution < -0.4 is 0 Å². The largest absolute Gasteiger partial charge is 0.339 e. The summed E-state index contributed by atoms with van der Waals surface area (Å²) in [5.74, 6) is 0.949. The first-order valence-corrected chi connectivity index (χ1v) is 8.86. The average molecular weight is 308 g/mol. The predicted molar refractivity (Wildman–Crippen MR) is 88.2 cm³/mol. The van der Waals surface area contributed by atoms with E-state index in [4.69, 9.17) is 0 Å². The third kappa shape index (κ3) is 3.02. The smallest absolute Gasteiger partial charge is 0.226 e. The van der Waals surface area contributed by atoms with E-state index in [9.17, 15) is 9.59 Å². The molecule has 2 heterocycles. The Morgan fingerprint density at radius 2 is 1.09 bits per heavy atom. The van der Waals surface area contributed by atoms with E-state index < -0.39 is 0 Å². The van der Waals surface area contributed by atoms with Gasteiger partial charge < -0.3 is 9.80 Å². The molecule has 6 unspecified atom stereocenters. The molecule has 6 atom stereocenters. The minimum absolute atomic E-state index is 0.151. The van der Waals surface area contributed by atoms with Crippen LogP contribution in [0.5, 0.6) is 0 Å². The summed E-state index contributed by atoms with van der Waals surface area (Å²) in [5, 5.41) is 0. The second-order valence-electron chi connectivity index (χ2n) is 7.65. The molecule has 2 aliphatic heterocycles. The van der Waals surface area contributed by atoms with Crippen molar-refractivity contribution in [3.05, 3.63) is 0 Å². The lowest BCUT2D eigenvalue weighted by molar-refractivity contribution is -0.146. The topological polar surface area (TPSA) is 40.6 Å².